The molecule has 4 heteroatoms. The molecule has 0 saturated heterocycles. The summed E-state index contributed by atoms with van der Waals surface area (Å²) in [5.74, 6) is 0. The maximum Gasteiger partial charge on any atom is 0.159 e. The summed E-state index contributed by atoms with van der Waals surface area (Å²) in [6.45, 7) is 2.21. The van der Waals surface area contributed by atoms with Gasteiger partial charge in [0.2, 0.25) is 0 Å². The second kappa shape index (κ2) is 11.6. The molecule has 0 aliphatic heterocycles. The van der Waals surface area contributed by atoms with Gasteiger partial charge in [0.15, 0.2) is 5.58 Å². The maximum absolute atomic E-state index is 6.81. The third-order valence-electron chi connectivity index (χ3n) is 11.0. The van der Waals surface area contributed by atoms with Gasteiger partial charge >= 0.3 is 0 Å². The predicted molar refractivity (Wildman–Crippen MR) is 221 cm³/mol. The molecule has 0 radical (unpaired) electrons. The van der Waals surface area contributed by atoms with Crippen molar-refractivity contribution < 1.29 is 8.83 Å². The average molecular weight is 683 g/mol. The molecule has 53 heavy (non-hydrogen) atoms. The number of hydrogen-bond acceptors (Lipinski definition) is 3. The molecule has 3 heterocycles. The minimum atomic E-state index is 0.248. The van der Waals surface area contributed by atoms with Crippen molar-refractivity contribution in [1.29, 1.82) is 0 Å². The summed E-state index contributed by atoms with van der Waals surface area (Å²) in [6, 6.07) is 52.1. The number of aromatic nitrogens is 1. The van der Waals surface area contributed by atoms with Crippen molar-refractivity contribution in [2.45, 2.75) is 19.4 Å². The van der Waals surface area contributed by atoms with Crippen molar-refractivity contribution in [2.75, 3.05) is 4.90 Å². The number of allylic oxidation sites excluding steroid dienone is 2. The number of benzene rings is 7. The molecule has 252 valence electrons. The van der Waals surface area contributed by atoms with E-state index in [1.54, 1.807) is 0 Å². The van der Waals surface area contributed by atoms with Gasteiger partial charge in [-0.1, -0.05) is 115 Å². The molecule has 11 rings (SSSR count). The number of anilines is 2. The Kier molecular flexibility index (Phi) is 6.56. The Morgan fingerprint density at radius 3 is 1.91 bits per heavy atom. The number of fused-ring (bicyclic) bond motifs is 9. The zero-order valence-electron chi connectivity index (χ0n) is 29.2. The molecule has 0 bridgehead atoms. The summed E-state index contributed by atoms with van der Waals surface area (Å²) in [4.78, 5) is 2.45. The highest BCUT2D eigenvalue weighted by Gasteiger charge is 2.23. The van der Waals surface area contributed by atoms with Crippen LogP contribution in [0.25, 0.3) is 82.5 Å². The smallest absolute Gasteiger partial charge is 0.159 e. The fraction of sp³-hybridized carbons (Fsp3) is 0.0612. The molecule has 0 amide bonds. The van der Waals surface area contributed by atoms with Gasteiger partial charge in [0.25, 0.3) is 0 Å². The Morgan fingerprint density at radius 1 is 0.566 bits per heavy atom. The lowest BCUT2D eigenvalue weighted by Gasteiger charge is -2.34. The molecule has 1 aliphatic carbocycles. The van der Waals surface area contributed by atoms with Crippen LogP contribution in [0, 0.1) is 6.92 Å². The quantitative estimate of drug-likeness (QED) is 0.181. The maximum atomic E-state index is 6.81. The van der Waals surface area contributed by atoms with Gasteiger partial charge in [-0.3, -0.25) is 0 Å². The minimum absolute atomic E-state index is 0.248. The first-order valence-electron chi connectivity index (χ1n) is 18.3. The Bertz CT molecular complexity index is 3070. The lowest BCUT2D eigenvalue weighted by Crippen LogP contribution is -2.30. The Balaban J connectivity index is 1.04. The van der Waals surface area contributed by atoms with Crippen LogP contribution in [0.5, 0.6) is 0 Å². The van der Waals surface area contributed by atoms with E-state index < -0.39 is 0 Å². The van der Waals surface area contributed by atoms with Crippen LogP contribution in [0.4, 0.5) is 11.4 Å². The lowest BCUT2D eigenvalue weighted by molar-refractivity contribution is 0.663. The topological polar surface area (TPSA) is 34.5 Å². The third-order valence-corrected chi connectivity index (χ3v) is 11.0. The number of para-hydroxylation sites is 5. The summed E-state index contributed by atoms with van der Waals surface area (Å²) >= 11 is 0. The monoisotopic (exact) mass is 682 g/mol. The molecular weight excluding hydrogens is 649 g/mol. The standard InChI is InChI=1S/C49H34N2O2/c1-31-28-32(26-27-42(31)50(33-14-4-2-5-15-33)34-16-6-3-7-17-34)35-20-12-21-38-40-29-47-41(30-46(40)52-48(35)38)39-22-13-25-45(49(39)53-47)51-43-23-10-8-18-36(43)37-19-9-11-24-44(37)51/h2-16,18-30,34H,17H2,1H3. The van der Waals surface area contributed by atoms with Gasteiger partial charge in [0, 0.05) is 49.3 Å². The normalized spacial score (nSPS) is 14.5. The van der Waals surface area contributed by atoms with E-state index in [4.69, 9.17) is 8.83 Å². The summed E-state index contributed by atoms with van der Waals surface area (Å²) < 4.78 is 15.9. The van der Waals surface area contributed by atoms with E-state index in [1.807, 2.05) is 0 Å². The van der Waals surface area contributed by atoms with Crippen LogP contribution >= 0.6 is 0 Å². The number of nitrogens with zero attached hydrogens (tertiary/aromatic N) is 2. The molecule has 0 fully saturated rings. The molecule has 0 N–H and O–H groups in total. The average Bonchev–Trinajstić information content (AvgIpc) is 3.88. The first-order chi connectivity index (χ1) is 26.2. The fourth-order valence-electron chi connectivity index (χ4n) is 8.61. The zero-order chi connectivity index (χ0) is 35.0. The molecule has 0 spiro atoms. The van der Waals surface area contributed by atoms with E-state index in [9.17, 15) is 0 Å². The van der Waals surface area contributed by atoms with Crippen LogP contribution < -0.4 is 4.90 Å². The van der Waals surface area contributed by atoms with E-state index in [0.717, 1.165) is 78.1 Å². The zero-order valence-corrected chi connectivity index (χ0v) is 29.2. The highest BCUT2D eigenvalue weighted by atomic mass is 16.3. The summed E-state index contributed by atoms with van der Waals surface area (Å²) in [6.07, 6.45) is 9.79. The van der Waals surface area contributed by atoms with E-state index in [1.165, 1.54) is 27.7 Å². The number of hydrogen-bond donors (Lipinski definition) is 0. The lowest BCUT2D eigenvalue weighted by atomic mass is 9.98. The van der Waals surface area contributed by atoms with Crippen molar-refractivity contribution >= 4 is 77.1 Å². The third kappa shape index (κ3) is 4.55. The minimum Gasteiger partial charge on any atom is -0.455 e. The second-order valence-electron chi connectivity index (χ2n) is 14.1. The molecule has 1 unspecified atom stereocenters. The van der Waals surface area contributed by atoms with Gasteiger partial charge < -0.3 is 18.3 Å². The van der Waals surface area contributed by atoms with Crippen molar-refractivity contribution in [2.24, 2.45) is 0 Å². The van der Waals surface area contributed by atoms with E-state index in [2.05, 4.69) is 186 Å². The first-order valence-corrected chi connectivity index (χ1v) is 18.3. The van der Waals surface area contributed by atoms with Gasteiger partial charge in [0.1, 0.15) is 16.7 Å². The van der Waals surface area contributed by atoms with Crippen molar-refractivity contribution in [3.05, 3.63) is 175 Å². The number of furan rings is 2. The molecule has 7 aromatic carbocycles. The summed E-state index contributed by atoms with van der Waals surface area (Å²) in [7, 11) is 0. The van der Waals surface area contributed by atoms with Crippen LogP contribution in [0.3, 0.4) is 0 Å². The summed E-state index contributed by atoms with van der Waals surface area (Å²) in [5, 5.41) is 6.70. The van der Waals surface area contributed by atoms with Gasteiger partial charge in [0.05, 0.1) is 22.8 Å². The van der Waals surface area contributed by atoms with Gasteiger partial charge in [-0.05, 0) is 79.1 Å². The Hall–Kier alpha value is -6.78. The highest BCUT2D eigenvalue weighted by Crippen LogP contribution is 2.43. The van der Waals surface area contributed by atoms with E-state index in [0.29, 0.717) is 0 Å². The number of rotatable bonds is 5. The van der Waals surface area contributed by atoms with Gasteiger partial charge in [-0.25, -0.2) is 0 Å². The van der Waals surface area contributed by atoms with Crippen LogP contribution in [0.1, 0.15) is 12.0 Å². The van der Waals surface area contributed by atoms with Crippen LogP contribution in [0.2, 0.25) is 0 Å². The second-order valence-corrected chi connectivity index (χ2v) is 14.1. The van der Waals surface area contributed by atoms with Crippen molar-refractivity contribution in [3.8, 4) is 16.8 Å². The Labute approximate surface area is 306 Å². The van der Waals surface area contributed by atoms with Crippen LogP contribution in [-0.2, 0) is 0 Å². The predicted octanol–water partition coefficient (Wildman–Crippen LogP) is 13.6. The van der Waals surface area contributed by atoms with Gasteiger partial charge in [-0.15, -0.1) is 0 Å². The molecule has 1 aliphatic rings. The molecule has 10 aromatic rings. The van der Waals surface area contributed by atoms with Crippen LogP contribution in [-0.4, -0.2) is 10.6 Å². The molecule has 4 nitrogen and oxygen atoms in total. The van der Waals surface area contributed by atoms with Crippen molar-refractivity contribution in [3.63, 3.8) is 0 Å². The van der Waals surface area contributed by atoms with Crippen molar-refractivity contribution in [1.82, 2.24) is 4.57 Å². The molecule has 3 aromatic heterocycles. The van der Waals surface area contributed by atoms with Crippen LogP contribution in [0.15, 0.2) is 179 Å². The van der Waals surface area contributed by atoms with Gasteiger partial charge in [-0.2, -0.15) is 0 Å². The molecule has 1 atom stereocenters. The summed E-state index contributed by atoms with van der Waals surface area (Å²) in [5.41, 5.74) is 12.6. The highest BCUT2D eigenvalue weighted by molar-refractivity contribution is 6.18. The molecule has 0 saturated carbocycles. The van der Waals surface area contributed by atoms with E-state index in [-0.39, 0.29) is 6.04 Å². The Morgan fingerprint density at radius 2 is 1.21 bits per heavy atom. The first kappa shape index (κ1) is 29.9. The van der Waals surface area contributed by atoms with E-state index >= 15 is 0 Å². The SMILES string of the molecule is Cc1cc(-c2cccc3c2oc2cc4c(cc23)oc2c(-n3c5ccccc5c5ccccc53)cccc24)ccc1N(c1ccccc1)C1C=CC=CC1. The fourth-order valence-corrected chi connectivity index (χ4v) is 8.61. The molecular formula is C49H34N2O2. The number of aryl methyl sites for hydroxylation is 1. The largest absolute Gasteiger partial charge is 0.455 e.